The normalized spacial score (nSPS) is 15.7. The zero-order chi connectivity index (χ0) is 13.7. The highest BCUT2D eigenvalue weighted by molar-refractivity contribution is 7.17. The number of nitrogens with zero attached hydrogens (tertiary/aromatic N) is 3. The molecule has 1 fully saturated rings. The van der Waals surface area contributed by atoms with E-state index in [0.29, 0.717) is 16.7 Å². The zero-order valence-corrected chi connectivity index (χ0v) is 11.9. The molecule has 0 saturated heterocycles. The van der Waals surface area contributed by atoms with E-state index < -0.39 is 0 Å². The van der Waals surface area contributed by atoms with Crippen LogP contribution in [0.4, 0.5) is 5.13 Å². The molecule has 1 aliphatic rings. The van der Waals surface area contributed by atoms with E-state index in [-0.39, 0.29) is 18.6 Å². The van der Waals surface area contributed by atoms with E-state index >= 15 is 0 Å². The third-order valence-corrected chi connectivity index (χ3v) is 4.17. The Hall–Kier alpha value is -1.21. The molecule has 0 unspecified atom stereocenters. The average molecular weight is 284 g/mol. The van der Waals surface area contributed by atoms with Crippen molar-refractivity contribution >= 4 is 22.4 Å². The predicted octanol–water partition coefficient (Wildman–Crippen LogP) is 1.35. The molecule has 1 heterocycles. The molecular formula is C12H20N4O2S. The number of hydrogen-bond acceptors (Lipinski definition) is 6. The van der Waals surface area contributed by atoms with Gasteiger partial charge < -0.3 is 15.3 Å². The highest BCUT2D eigenvalue weighted by atomic mass is 32.1. The minimum absolute atomic E-state index is 0.0128. The van der Waals surface area contributed by atoms with Gasteiger partial charge in [-0.2, -0.15) is 0 Å². The van der Waals surface area contributed by atoms with E-state index in [1.54, 1.807) is 4.90 Å². The van der Waals surface area contributed by atoms with Crippen molar-refractivity contribution < 1.29 is 9.90 Å². The summed E-state index contributed by atoms with van der Waals surface area (Å²) in [6, 6.07) is 0.242. The Morgan fingerprint density at radius 1 is 1.47 bits per heavy atom. The van der Waals surface area contributed by atoms with Crippen molar-refractivity contribution in [1.29, 1.82) is 0 Å². The molecule has 2 N–H and O–H groups in total. The van der Waals surface area contributed by atoms with Crippen LogP contribution in [-0.4, -0.2) is 51.8 Å². The zero-order valence-electron chi connectivity index (χ0n) is 11.1. The lowest BCUT2D eigenvalue weighted by Gasteiger charge is -2.27. The van der Waals surface area contributed by atoms with Gasteiger partial charge in [0, 0.05) is 19.1 Å². The van der Waals surface area contributed by atoms with E-state index in [9.17, 15) is 4.79 Å². The molecule has 2 rings (SSSR count). The molecule has 7 heteroatoms. The standard InChI is InChI=1S/C12H20N4O2S/c1-2-13-12-15-14-10(19-12)11(18)16(7-8-17)9-5-3-4-6-9/h9,17H,2-8H2,1H3,(H,13,15). The summed E-state index contributed by atoms with van der Waals surface area (Å²) in [5.41, 5.74) is 0. The number of hydrogen-bond donors (Lipinski definition) is 2. The summed E-state index contributed by atoms with van der Waals surface area (Å²) in [6.45, 7) is 3.09. The summed E-state index contributed by atoms with van der Waals surface area (Å²) in [5, 5.41) is 21.1. The predicted molar refractivity (Wildman–Crippen MR) is 74.5 cm³/mol. The van der Waals surface area contributed by atoms with Gasteiger partial charge in [-0.25, -0.2) is 0 Å². The van der Waals surface area contributed by atoms with Gasteiger partial charge in [-0.05, 0) is 19.8 Å². The molecule has 106 valence electrons. The number of aliphatic hydroxyl groups is 1. The van der Waals surface area contributed by atoms with Crippen LogP contribution in [-0.2, 0) is 0 Å². The Morgan fingerprint density at radius 2 is 2.21 bits per heavy atom. The molecule has 0 aromatic carbocycles. The number of amides is 1. The van der Waals surface area contributed by atoms with Crippen molar-refractivity contribution in [2.75, 3.05) is 25.0 Å². The van der Waals surface area contributed by atoms with Crippen molar-refractivity contribution in [3.05, 3.63) is 5.01 Å². The first-order valence-corrected chi connectivity index (χ1v) is 7.57. The fourth-order valence-electron chi connectivity index (χ4n) is 2.43. The SMILES string of the molecule is CCNc1nnc(C(=O)N(CCO)C2CCCC2)s1. The van der Waals surface area contributed by atoms with Crippen LogP contribution in [0.5, 0.6) is 0 Å². The van der Waals surface area contributed by atoms with Gasteiger partial charge in [0.1, 0.15) is 0 Å². The summed E-state index contributed by atoms with van der Waals surface area (Å²) < 4.78 is 0. The Bertz CT molecular complexity index is 418. The fraction of sp³-hybridized carbons (Fsp3) is 0.750. The molecule has 1 aromatic rings. The molecule has 0 atom stereocenters. The second kappa shape index (κ2) is 6.81. The van der Waals surface area contributed by atoms with Gasteiger partial charge in [0.05, 0.1) is 6.61 Å². The lowest BCUT2D eigenvalue weighted by atomic mass is 10.2. The number of aliphatic hydroxyl groups excluding tert-OH is 1. The van der Waals surface area contributed by atoms with Crippen LogP contribution in [0.1, 0.15) is 42.4 Å². The molecule has 0 spiro atoms. The third-order valence-electron chi connectivity index (χ3n) is 3.30. The molecule has 1 aromatic heterocycles. The van der Waals surface area contributed by atoms with Crippen LogP contribution < -0.4 is 5.32 Å². The van der Waals surface area contributed by atoms with Crippen LogP contribution in [0.2, 0.25) is 0 Å². The van der Waals surface area contributed by atoms with Gasteiger partial charge in [0.15, 0.2) is 0 Å². The van der Waals surface area contributed by atoms with Crippen LogP contribution in [0, 0.1) is 0 Å². The largest absolute Gasteiger partial charge is 0.395 e. The van der Waals surface area contributed by atoms with Crippen LogP contribution in [0.25, 0.3) is 0 Å². The van der Waals surface area contributed by atoms with Gasteiger partial charge >= 0.3 is 0 Å². The quantitative estimate of drug-likeness (QED) is 0.824. The Labute approximate surface area is 116 Å². The van der Waals surface area contributed by atoms with Gasteiger partial charge in [0.25, 0.3) is 5.91 Å². The summed E-state index contributed by atoms with van der Waals surface area (Å²) in [7, 11) is 0. The summed E-state index contributed by atoms with van der Waals surface area (Å²) in [5.74, 6) is -0.109. The lowest BCUT2D eigenvalue weighted by Crippen LogP contribution is -2.40. The minimum atomic E-state index is -0.109. The third kappa shape index (κ3) is 3.42. The molecule has 0 bridgehead atoms. The molecule has 0 aliphatic heterocycles. The highest BCUT2D eigenvalue weighted by Crippen LogP contribution is 2.26. The molecule has 0 radical (unpaired) electrons. The Kier molecular flexibility index (Phi) is 5.09. The number of carbonyl (C=O) groups excluding carboxylic acids is 1. The van der Waals surface area contributed by atoms with Gasteiger partial charge in [-0.15, -0.1) is 10.2 Å². The smallest absolute Gasteiger partial charge is 0.285 e. The molecule has 1 aliphatic carbocycles. The monoisotopic (exact) mass is 284 g/mol. The van der Waals surface area contributed by atoms with Crippen molar-refractivity contribution in [3.63, 3.8) is 0 Å². The van der Waals surface area contributed by atoms with Gasteiger partial charge in [-0.1, -0.05) is 24.2 Å². The molecular weight excluding hydrogens is 264 g/mol. The number of anilines is 1. The Morgan fingerprint density at radius 3 is 2.84 bits per heavy atom. The van der Waals surface area contributed by atoms with Crippen molar-refractivity contribution in [3.8, 4) is 0 Å². The molecule has 1 saturated carbocycles. The number of aromatic nitrogens is 2. The summed E-state index contributed by atoms with van der Waals surface area (Å²) in [6.07, 6.45) is 4.34. The second-order valence-electron chi connectivity index (χ2n) is 4.60. The number of nitrogens with one attached hydrogen (secondary N) is 1. The van der Waals surface area contributed by atoms with E-state index in [4.69, 9.17) is 5.11 Å². The highest BCUT2D eigenvalue weighted by Gasteiger charge is 2.29. The van der Waals surface area contributed by atoms with Gasteiger partial charge in [0.2, 0.25) is 10.1 Å². The topological polar surface area (TPSA) is 78.4 Å². The van der Waals surface area contributed by atoms with Crippen LogP contribution in [0.15, 0.2) is 0 Å². The summed E-state index contributed by atoms with van der Waals surface area (Å²) in [4.78, 5) is 14.2. The van der Waals surface area contributed by atoms with E-state index in [2.05, 4.69) is 15.5 Å². The first kappa shape index (κ1) is 14.2. The minimum Gasteiger partial charge on any atom is -0.395 e. The first-order valence-electron chi connectivity index (χ1n) is 6.75. The first-order chi connectivity index (χ1) is 9.26. The van der Waals surface area contributed by atoms with E-state index in [1.165, 1.54) is 11.3 Å². The molecule has 1 amide bonds. The summed E-state index contributed by atoms with van der Waals surface area (Å²) >= 11 is 1.27. The Balaban J connectivity index is 2.08. The van der Waals surface area contributed by atoms with E-state index in [1.807, 2.05) is 6.92 Å². The van der Waals surface area contributed by atoms with Gasteiger partial charge in [-0.3, -0.25) is 4.79 Å². The lowest BCUT2D eigenvalue weighted by molar-refractivity contribution is 0.0637. The van der Waals surface area contributed by atoms with Crippen molar-refractivity contribution in [1.82, 2.24) is 15.1 Å². The maximum Gasteiger partial charge on any atom is 0.285 e. The molecule has 6 nitrogen and oxygen atoms in total. The maximum absolute atomic E-state index is 12.4. The van der Waals surface area contributed by atoms with Crippen LogP contribution in [0.3, 0.4) is 0 Å². The molecule has 19 heavy (non-hydrogen) atoms. The fourth-order valence-corrected chi connectivity index (χ4v) is 3.20. The maximum atomic E-state index is 12.4. The number of carbonyl (C=O) groups is 1. The van der Waals surface area contributed by atoms with Crippen molar-refractivity contribution in [2.45, 2.75) is 38.6 Å². The second-order valence-corrected chi connectivity index (χ2v) is 5.58. The average Bonchev–Trinajstić information content (AvgIpc) is 3.06. The number of rotatable bonds is 6. The van der Waals surface area contributed by atoms with E-state index in [0.717, 1.165) is 32.2 Å². The van der Waals surface area contributed by atoms with Crippen molar-refractivity contribution in [2.24, 2.45) is 0 Å². The van der Waals surface area contributed by atoms with Crippen LogP contribution >= 0.6 is 11.3 Å².